The first-order valence-electron chi connectivity index (χ1n) is 5.03. The lowest BCUT2D eigenvalue weighted by atomic mass is 10.1. The zero-order valence-electron chi connectivity index (χ0n) is 8.43. The predicted molar refractivity (Wildman–Crippen MR) is 55.7 cm³/mol. The number of ether oxygens (including phenoxy) is 1. The molecule has 1 aromatic carbocycles. The van der Waals surface area contributed by atoms with Crippen LogP contribution in [-0.2, 0) is 6.42 Å². The van der Waals surface area contributed by atoms with Crippen LogP contribution in [0.5, 0.6) is 5.75 Å². The quantitative estimate of drug-likeness (QED) is 0.711. The standard InChI is InChI=1S/C12H11NO2/c1-8-6-10-7-9(2-3-11(10)14-8)12-4-5-13-15-12/h2-5,7-8H,6H2,1H3/t8-/m1/s1. The summed E-state index contributed by atoms with van der Waals surface area (Å²) < 4.78 is 10.7. The molecular formula is C12H11NO2. The highest BCUT2D eigenvalue weighted by Crippen LogP contribution is 2.32. The van der Waals surface area contributed by atoms with E-state index in [0.29, 0.717) is 0 Å². The molecule has 0 amide bonds. The summed E-state index contributed by atoms with van der Waals surface area (Å²) in [7, 11) is 0. The van der Waals surface area contributed by atoms with Crippen LogP contribution in [0.25, 0.3) is 11.3 Å². The first-order chi connectivity index (χ1) is 7.33. The van der Waals surface area contributed by atoms with E-state index in [1.54, 1.807) is 6.20 Å². The molecule has 15 heavy (non-hydrogen) atoms. The molecule has 76 valence electrons. The lowest BCUT2D eigenvalue weighted by Gasteiger charge is -2.02. The average molecular weight is 201 g/mol. The van der Waals surface area contributed by atoms with Crippen LogP contribution >= 0.6 is 0 Å². The number of hydrogen-bond acceptors (Lipinski definition) is 3. The number of nitrogens with zero attached hydrogens (tertiary/aromatic N) is 1. The third kappa shape index (κ3) is 1.40. The van der Waals surface area contributed by atoms with Gasteiger partial charge in [0.25, 0.3) is 0 Å². The summed E-state index contributed by atoms with van der Waals surface area (Å²) in [5, 5.41) is 3.70. The number of benzene rings is 1. The Kier molecular flexibility index (Phi) is 1.78. The number of aromatic nitrogens is 1. The van der Waals surface area contributed by atoms with E-state index in [4.69, 9.17) is 9.26 Å². The van der Waals surface area contributed by atoms with Crippen LogP contribution in [0.1, 0.15) is 12.5 Å². The Morgan fingerprint density at radius 1 is 1.33 bits per heavy atom. The first kappa shape index (κ1) is 8.53. The Hall–Kier alpha value is -1.77. The highest BCUT2D eigenvalue weighted by atomic mass is 16.5. The van der Waals surface area contributed by atoms with Crippen molar-refractivity contribution in [2.75, 3.05) is 0 Å². The molecule has 0 saturated heterocycles. The zero-order chi connectivity index (χ0) is 10.3. The first-order valence-corrected chi connectivity index (χ1v) is 5.03. The molecule has 0 saturated carbocycles. The van der Waals surface area contributed by atoms with Crippen LogP contribution < -0.4 is 4.74 Å². The maximum Gasteiger partial charge on any atom is 0.166 e. The van der Waals surface area contributed by atoms with E-state index in [2.05, 4.69) is 18.1 Å². The number of hydrogen-bond donors (Lipinski definition) is 0. The molecule has 0 fully saturated rings. The Morgan fingerprint density at radius 3 is 3.07 bits per heavy atom. The second-order valence-corrected chi connectivity index (χ2v) is 3.83. The van der Waals surface area contributed by atoms with Crippen molar-refractivity contribution in [2.24, 2.45) is 0 Å². The van der Waals surface area contributed by atoms with Crippen LogP contribution in [0, 0.1) is 0 Å². The largest absolute Gasteiger partial charge is 0.490 e. The van der Waals surface area contributed by atoms with Gasteiger partial charge in [0.05, 0.1) is 6.20 Å². The molecule has 1 aliphatic rings. The Balaban J connectivity index is 2.04. The molecule has 0 N–H and O–H groups in total. The molecule has 1 atom stereocenters. The van der Waals surface area contributed by atoms with Crippen molar-refractivity contribution in [2.45, 2.75) is 19.4 Å². The molecule has 3 rings (SSSR count). The molecule has 2 aromatic rings. The predicted octanol–water partition coefficient (Wildman–Crippen LogP) is 2.67. The summed E-state index contributed by atoms with van der Waals surface area (Å²) in [5.41, 5.74) is 2.31. The van der Waals surface area contributed by atoms with E-state index in [1.807, 2.05) is 18.2 Å². The van der Waals surface area contributed by atoms with Crippen molar-refractivity contribution in [1.29, 1.82) is 0 Å². The van der Waals surface area contributed by atoms with Crippen LogP contribution in [-0.4, -0.2) is 11.3 Å². The number of fused-ring (bicyclic) bond motifs is 1. The molecule has 0 spiro atoms. The van der Waals surface area contributed by atoms with Crippen molar-refractivity contribution in [3.8, 4) is 17.1 Å². The summed E-state index contributed by atoms with van der Waals surface area (Å²) in [6, 6.07) is 7.97. The smallest absolute Gasteiger partial charge is 0.166 e. The van der Waals surface area contributed by atoms with E-state index in [1.165, 1.54) is 5.56 Å². The van der Waals surface area contributed by atoms with Crippen molar-refractivity contribution in [1.82, 2.24) is 5.16 Å². The minimum Gasteiger partial charge on any atom is -0.490 e. The molecule has 3 nitrogen and oxygen atoms in total. The molecule has 0 bridgehead atoms. The maximum absolute atomic E-state index is 5.63. The molecule has 1 aromatic heterocycles. The fourth-order valence-electron chi connectivity index (χ4n) is 1.94. The molecule has 0 aliphatic carbocycles. The van der Waals surface area contributed by atoms with Crippen LogP contribution in [0.3, 0.4) is 0 Å². The van der Waals surface area contributed by atoms with E-state index >= 15 is 0 Å². The van der Waals surface area contributed by atoms with E-state index in [0.717, 1.165) is 23.5 Å². The van der Waals surface area contributed by atoms with Gasteiger partial charge in [-0.05, 0) is 30.7 Å². The average Bonchev–Trinajstić information content (AvgIpc) is 2.82. The van der Waals surface area contributed by atoms with Gasteiger partial charge in [-0.15, -0.1) is 0 Å². The topological polar surface area (TPSA) is 35.3 Å². The van der Waals surface area contributed by atoms with Gasteiger partial charge in [-0.3, -0.25) is 0 Å². The van der Waals surface area contributed by atoms with Crippen molar-refractivity contribution in [3.05, 3.63) is 36.0 Å². The third-order valence-electron chi connectivity index (χ3n) is 2.62. The lowest BCUT2D eigenvalue weighted by molar-refractivity contribution is 0.254. The highest BCUT2D eigenvalue weighted by molar-refractivity contribution is 5.60. The molecule has 3 heteroatoms. The van der Waals surface area contributed by atoms with Crippen molar-refractivity contribution < 1.29 is 9.26 Å². The van der Waals surface area contributed by atoms with Gasteiger partial charge in [0.1, 0.15) is 11.9 Å². The summed E-state index contributed by atoms with van der Waals surface area (Å²) in [6.07, 6.45) is 2.91. The molecular weight excluding hydrogens is 190 g/mol. The molecule has 1 aliphatic heterocycles. The third-order valence-corrected chi connectivity index (χ3v) is 2.62. The van der Waals surface area contributed by atoms with Crippen molar-refractivity contribution >= 4 is 0 Å². The highest BCUT2D eigenvalue weighted by Gasteiger charge is 2.19. The fourth-order valence-corrected chi connectivity index (χ4v) is 1.94. The Morgan fingerprint density at radius 2 is 2.27 bits per heavy atom. The van der Waals surface area contributed by atoms with Gasteiger partial charge in [0.15, 0.2) is 5.76 Å². The molecule has 2 heterocycles. The van der Waals surface area contributed by atoms with Crippen LogP contribution in [0.15, 0.2) is 35.0 Å². The maximum atomic E-state index is 5.63. The summed E-state index contributed by atoms with van der Waals surface area (Å²) in [4.78, 5) is 0. The SMILES string of the molecule is C[C@@H]1Cc2cc(-c3ccno3)ccc2O1. The lowest BCUT2D eigenvalue weighted by Crippen LogP contribution is -2.05. The van der Waals surface area contributed by atoms with E-state index in [-0.39, 0.29) is 6.10 Å². The van der Waals surface area contributed by atoms with E-state index < -0.39 is 0 Å². The van der Waals surface area contributed by atoms with Gasteiger partial charge >= 0.3 is 0 Å². The zero-order valence-corrected chi connectivity index (χ0v) is 8.43. The summed E-state index contributed by atoms with van der Waals surface area (Å²) >= 11 is 0. The van der Waals surface area contributed by atoms with Gasteiger partial charge in [-0.2, -0.15) is 0 Å². The Bertz CT molecular complexity index is 476. The second kappa shape index (κ2) is 3.12. The van der Waals surface area contributed by atoms with Crippen molar-refractivity contribution in [3.63, 3.8) is 0 Å². The van der Waals surface area contributed by atoms with Gasteiger partial charge in [-0.25, -0.2) is 0 Å². The van der Waals surface area contributed by atoms with E-state index in [9.17, 15) is 0 Å². The fraction of sp³-hybridized carbons (Fsp3) is 0.250. The molecule has 0 unspecified atom stereocenters. The monoisotopic (exact) mass is 201 g/mol. The van der Waals surface area contributed by atoms with Crippen LogP contribution in [0.2, 0.25) is 0 Å². The Labute approximate surface area is 87.7 Å². The van der Waals surface area contributed by atoms with Gasteiger partial charge < -0.3 is 9.26 Å². The minimum atomic E-state index is 0.282. The normalized spacial score (nSPS) is 18.6. The van der Waals surface area contributed by atoms with Crippen LogP contribution in [0.4, 0.5) is 0 Å². The van der Waals surface area contributed by atoms with Gasteiger partial charge in [-0.1, -0.05) is 5.16 Å². The minimum absolute atomic E-state index is 0.282. The summed E-state index contributed by atoms with van der Waals surface area (Å²) in [5.74, 6) is 1.79. The number of rotatable bonds is 1. The van der Waals surface area contributed by atoms with Gasteiger partial charge in [0, 0.05) is 18.1 Å². The molecule has 0 radical (unpaired) electrons. The van der Waals surface area contributed by atoms with Gasteiger partial charge in [0.2, 0.25) is 0 Å². The second-order valence-electron chi connectivity index (χ2n) is 3.83. The summed E-state index contributed by atoms with van der Waals surface area (Å²) in [6.45, 7) is 2.08.